The Hall–Kier alpha value is -1.59. The van der Waals surface area contributed by atoms with Crippen molar-refractivity contribution < 1.29 is 4.79 Å². The van der Waals surface area contributed by atoms with Gasteiger partial charge in [0.05, 0.1) is 6.04 Å². The van der Waals surface area contributed by atoms with Gasteiger partial charge in [0.25, 0.3) is 0 Å². The zero-order chi connectivity index (χ0) is 19.1. The number of aryl methyl sites for hydroxylation is 1. The Morgan fingerprint density at radius 2 is 1.69 bits per heavy atom. The van der Waals surface area contributed by atoms with Crippen LogP contribution in [0.1, 0.15) is 42.9 Å². The summed E-state index contributed by atoms with van der Waals surface area (Å²) in [5.41, 5.74) is 2.48. The van der Waals surface area contributed by atoms with E-state index in [-0.39, 0.29) is 12.1 Å². The van der Waals surface area contributed by atoms with Crippen molar-refractivity contribution in [2.75, 3.05) is 47.8 Å². The minimum atomic E-state index is 0.00350. The number of likely N-dealkylation sites (N-methyl/N-ethyl adjacent to an activating group) is 3. The van der Waals surface area contributed by atoms with Gasteiger partial charge in [-0.05, 0) is 46.5 Å². The molecule has 0 radical (unpaired) electrons. The van der Waals surface area contributed by atoms with E-state index in [0.717, 1.165) is 13.1 Å². The normalized spacial score (nSPS) is 16.3. The molecule has 0 bridgehead atoms. The van der Waals surface area contributed by atoms with Crippen molar-refractivity contribution in [1.29, 1.82) is 0 Å². The Bertz CT molecular complexity index is 552. The Labute approximate surface area is 159 Å². The van der Waals surface area contributed by atoms with Crippen molar-refractivity contribution in [2.45, 2.75) is 44.7 Å². The molecular formula is C21H36N4O. The van der Waals surface area contributed by atoms with Crippen LogP contribution < -0.4 is 5.32 Å². The van der Waals surface area contributed by atoms with Gasteiger partial charge in [-0.2, -0.15) is 0 Å². The number of hydrogen-bond donors (Lipinski definition) is 1. The zero-order valence-corrected chi connectivity index (χ0v) is 17.2. The van der Waals surface area contributed by atoms with Gasteiger partial charge in [-0.3, -0.25) is 0 Å². The van der Waals surface area contributed by atoms with Gasteiger partial charge in [-0.25, -0.2) is 4.79 Å². The standard InChI is InChI=1S/C21H36N4O/c1-17-10-12-18(13-11-17)20(23(2)3)16-22-21(26)25(5)15-14-24(4)19-8-6-7-9-19/h10-13,19-20H,6-9,14-16H2,1-5H3,(H,22,26)/t20-/m0/s1. The van der Waals surface area contributed by atoms with E-state index in [2.05, 4.69) is 67.4 Å². The second kappa shape index (κ2) is 9.93. The minimum Gasteiger partial charge on any atom is -0.336 e. The van der Waals surface area contributed by atoms with E-state index in [1.165, 1.54) is 36.8 Å². The van der Waals surface area contributed by atoms with Crippen LogP contribution in [0.4, 0.5) is 4.79 Å². The molecule has 1 saturated carbocycles. The molecule has 0 saturated heterocycles. The molecule has 146 valence electrons. The number of nitrogens with zero attached hydrogens (tertiary/aromatic N) is 3. The number of rotatable bonds is 8. The minimum absolute atomic E-state index is 0.00350. The first-order valence-corrected chi connectivity index (χ1v) is 9.80. The van der Waals surface area contributed by atoms with Crippen molar-refractivity contribution in [3.05, 3.63) is 35.4 Å². The molecule has 1 aromatic carbocycles. The fourth-order valence-corrected chi connectivity index (χ4v) is 3.64. The van der Waals surface area contributed by atoms with Crippen LogP contribution in [-0.2, 0) is 0 Å². The highest BCUT2D eigenvalue weighted by atomic mass is 16.2. The van der Waals surface area contributed by atoms with Crippen LogP contribution in [0.3, 0.4) is 0 Å². The van der Waals surface area contributed by atoms with Crippen molar-refractivity contribution in [2.24, 2.45) is 0 Å². The van der Waals surface area contributed by atoms with E-state index in [4.69, 9.17) is 0 Å². The second-order valence-electron chi connectivity index (χ2n) is 7.92. The first-order chi connectivity index (χ1) is 12.4. The van der Waals surface area contributed by atoms with Crippen molar-refractivity contribution in [1.82, 2.24) is 20.0 Å². The molecule has 5 heteroatoms. The Balaban J connectivity index is 1.80. The van der Waals surface area contributed by atoms with E-state index in [1.807, 2.05) is 7.05 Å². The molecule has 0 spiro atoms. The quantitative estimate of drug-likeness (QED) is 0.774. The van der Waals surface area contributed by atoms with Crippen LogP contribution in [0, 0.1) is 6.92 Å². The molecule has 0 unspecified atom stereocenters. The summed E-state index contributed by atoms with van der Waals surface area (Å²) in [6.07, 6.45) is 5.29. The molecule has 2 amide bonds. The molecule has 26 heavy (non-hydrogen) atoms. The molecule has 1 aliphatic carbocycles. The predicted molar refractivity (Wildman–Crippen MR) is 109 cm³/mol. The van der Waals surface area contributed by atoms with Crippen molar-refractivity contribution >= 4 is 6.03 Å². The van der Waals surface area contributed by atoms with Gasteiger partial charge in [-0.15, -0.1) is 0 Å². The average Bonchev–Trinajstić information content (AvgIpc) is 3.15. The summed E-state index contributed by atoms with van der Waals surface area (Å²) in [6, 6.07) is 9.42. The van der Waals surface area contributed by atoms with Crippen LogP contribution in [0.2, 0.25) is 0 Å². The van der Waals surface area contributed by atoms with Crippen LogP contribution in [0.25, 0.3) is 0 Å². The third-order valence-electron chi connectivity index (χ3n) is 5.61. The predicted octanol–water partition coefficient (Wildman–Crippen LogP) is 3.11. The maximum Gasteiger partial charge on any atom is 0.317 e. The lowest BCUT2D eigenvalue weighted by atomic mass is 10.0. The van der Waals surface area contributed by atoms with Gasteiger partial charge in [0, 0.05) is 32.7 Å². The summed E-state index contributed by atoms with van der Waals surface area (Å²) < 4.78 is 0. The van der Waals surface area contributed by atoms with E-state index in [1.54, 1.807) is 4.90 Å². The maximum atomic E-state index is 12.5. The highest BCUT2D eigenvalue weighted by Gasteiger charge is 2.20. The van der Waals surface area contributed by atoms with Crippen LogP contribution >= 0.6 is 0 Å². The fraction of sp³-hybridized carbons (Fsp3) is 0.667. The van der Waals surface area contributed by atoms with Gasteiger partial charge in [0.15, 0.2) is 0 Å². The number of hydrogen-bond acceptors (Lipinski definition) is 3. The van der Waals surface area contributed by atoms with Crippen LogP contribution in [0.5, 0.6) is 0 Å². The second-order valence-corrected chi connectivity index (χ2v) is 7.92. The van der Waals surface area contributed by atoms with Crippen molar-refractivity contribution in [3.8, 4) is 0 Å². The lowest BCUT2D eigenvalue weighted by Crippen LogP contribution is -2.44. The summed E-state index contributed by atoms with van der Waals surface area (Å²) in [6.45, 7) is 4.39. The average molecular weight is 361 g/mol. The number of amides is 2. The SMILES string of the molecule is Cc1ccc([C@H](CNC(=O)N(C)CCN(C)C2CCCC2)N(C)C)cc1. The first-order valence-electron chi connectivity index (χ1n) is 9.80. The molecule has 1 N–H and O–H groups in total. The Morgan fingerprint density at radius 1 is 1.08 bits per heavy atom. The lowest BCUT2D eigenvalue weighted by Gasteiger charge is -2.28. The summed E-state index contributed by atoms with van der Waals surface area (Å²) in [4.78, 5) is 18.8. The summed E-state index contributed by atoms with van der Waals surface area (Å²) in [7, 11) is 8.17. The molecule has 1 aliphatic rings. The molecule has 5 nitrogen and oxygen atoms in total. The topological polar surface area (TPSA) is 38.8 Å². The molecule has 2 rings (SSSR count). The van der Waals surface area contributed by atoms with Gasteiger partial charge >= 0.3 is 6.03 Å². The molecular weight excluding hydrogens is 324 g/mol. The van der Waals surface area contributed by atoms with Gasteiger partial charge < -0.3 is 20.0 Å². The number of benzene rings is 1. The number of carbonyl (C=O) groups excluding carboxylic acids is 1. The van der Waals surface area contributed by atoms with Crippen LogP contribution in [-0.4, -0.2) is 74.6 Å². The third kappa shape index (κ3) is 5.99. The largest absolute Gasteiger partial charge is 0.336 e. The molecule has 0 aromatic heterocycles. The lowest BCUT2D eigenvalue weighted by molar-refractivity contribution is 0.184. The Morgan fingerprint density at radius 3 is 2.27 bits per heavy atom. The van der Waals surface area contributed by atoms with E-state index in [9.17, 15) is 4.79 Å². The fourth-order valence-electron chi connectivity index (χ4n) is 3.64. The molecule has 1 atom stereocenters. The number of urea groups is 1. The van der Waals surface area contributed by atoms with E-state index in [0.29, 0.717) is 12.6 Å². The van der Waals surface area contributed by atoms with E-state index < -0.39 is 0 Å². The maximum absolute atomic E-state index is 12.5. The molecule has 1 fully saturated rings. The highest BCUT2D eigenvalue weighted by Crippen LogP contribution is 2.22. The summed E-state index contributed by atoms with van der Waals surface area (Å²) >= 11 is 0. The highest BCUT2D eigenvalue weighted by molar-refractivity contribution is 5.73. The molecule has 0 heterocycles. The zero-order valence-electron chi connectivity index (χ0n) is 17.2. The number of nitrogens with one attached hydrogen (secondary N) is 1. The van der Waals surface area contributed by atoms with Gasteiger partial charge in [-0.1, -0.05) is 42.7 Å². The summed E-state index contributed by atoms with van der Waals surface area (Å²) in [5.74, 6) is 0. The van der Waals surface area contributed by atoms with Crippen molar-refractivity contribution in [3.63, 3.8) is 0 Å². The Kier molecular flexibility index (Phi) is 7.91. The number of carbonyl (C=O) groups is 1. The third-order valence-corrected chi connectivity index (χ3v) is 5.61. The van der Waals surface area contributed by atoms with E-state index >= 15 is 0 Å². The first kappa shape index (κ1) is 20.7. The monoisotopic (exact) mass is 360 g/mol. The van der Waals surface area contributed by atoms with Gasteiger partial charge in [0.2, 0.25) is 0 Å². The molecule has 0 aliphatic heterocycles. The van der Waals surface area contributed by atoms with Crippen LogP contribution in [0.15, 0.2) is 24.3 Å². The molecule has 1 aromatic rings. The summed E-state index contributed by atoms with van der Waals surface area (Å²) in [5, 5.41) is 3.10. The smallest absolute Gasteiger partial charge is 0.317 e. The van der Waals surface area contributed by atoms with Gasteiger partial charge in [0.1, 0.15) is 0 Å².